The van der Waals surface area contributed by atoms with Gasteiger partial charge in [0, 0.05) is 37.1 Å². The molecule has 1 aliphatic rings. The monoisotopic (exact) mass is 279 g/mol. The summed E-state index contributed by atoms with van der Waals surface area (Å²) in [6.07, 6.45) is 7.04. The highest BCUT2D eigenvalue weighted by atomic mass is 15.1. The Morgan fingerprint density at radius 3 is 2.24 bits per heavy atom. The van der Waals surface area contributed by atoms with Crippen molar-refractivity contribution in [2.75, 3.05) is 13.1 Å². The molecule has 0 amide bonds. The summed E-state index contributed by atoms with van der Waals surface area (Å²) in [5.74, 6) is 0.785. The summed E-state index contributed by atoms with van der Waals surface area (Å²) in [6, 6.07) is 11.1. The lowest BCUT2D eigenvalue weighted by atomic mass is 9.98. The Bertz CT molecular complexity index is 615. The lowest BCUT2D eigenvalue weighted by molar-refractivity contribution is 0.245. The van der Waals surface area contributed by atoms with Crippen LogP contribution in [-0.4, -0.2) is 34.0 Å². The van der Waals surface area contributed by atoms with E-state index in [1.54, 1.807) is 12.4 Å². The van der Waals surface area contributed by atoms with E-state index in [0.29, 0.717) is 6.04 Å². The first-order chi connectivity index (χ1) is 10.2. The molecular weight excluding hydrogens is 258 g/mol. The van der Waals surface area contributed by atoms with Crippen LogP contribution in [0.3, 0.4) is 0 Å². The summed E-state index contributed by atoms with van der Waals surface area (Å²) in [5, 5.41) is 0. The second-order valence-corrected chi connectivity index (χ2v) is 5.72. The molecule has 1 aliphatic heterocycles. The summed E-state index contributed by atoms with van der Waals surface area (Å²) < 4.78 is 0. The molecule has 3 heteroatoms. The van der Waals surface area contributed by atoms with Crippen LogP contribution < -0.4 is 0 Å². The summed E-state index contributed by atoms with van der Waals surface area (Å²) in [4.78, 5) is 11.1. The van der Waals surface area contributed by atoms with Gasteiger partial charge in [-0.25, -0.2) is 9.97 Å². The zero-order valence-corrected chi connectivity index (χ0v) is 12.7. The fourth-order valence-corrected chi connectivity index (χ4v) is 2.70. The van der Waals surface area contributed by atoms with Crippen LogP contribution in [0.25, 0.3) is 17.0 Å². The second kappa shape index (κ2) is 6.19. The highest BCUT2D eigenvalue weighted by Crippen LogP contribution is 2.25. The van der Waals surface area contributed by atoms with Crippen molar-refractivity contribution in [1.29, 1.82) is 0 Å². The number of rotatable bonds is 3. The number of nitrogens with zero attached hydrogens (tertiary/aromatic N) is 3. The maximum Gasteiger partial charge on any atom is 0.159 e. The molecule has 2 heterocycles. The molecule has 0 saturated carbocycles. The molecule has 1 aromatic carbocycles. The molecule has 0 aliphatic carbocycles. The zero-order chi connectivity index (χ0) is 14.7. The molecule has 0 spiro atoms. The molecule has 21 heavy (non-hydrogen) atoms. The van der Waals surface area contributed by atoms with Crippen LogP contribution >= 0.6 is 0 Å². The highest BCUT2D eigenvalue weighted by molar-refractivity contribution is 5.69. The van der Waals surface area contributed by atoms with Gasteiger partial charge in [0.1, 0.15) is 0 Å². The van der Waals surface area contributed by atoms with Gasteiger partial charge in [-0.3, -0.25) is 4.90 Å². The van der Waals surface area contributed by atoms with Crippen LogP contribution in [-0.2, 0) is 0 Å². The van der Waals surface area contributed by atoms with Gasteiger partial charge in [0.2, 0.25) is 0 Å². The molecule has 2 aromatic rings. The Kier molecular flexibility index (Phi) is 4.11. The van der Waals surface area contributed by atoms with Gasteiger partial charge in [0.25, 0.3) is 0 Å². The van der Waals surface area contributed by atoms with E-state index in [9.17, 15) is 0 Å². The molecule has 0 N–H and O–H groups in total. The van der Waals surface area contributed by atoms with E-state index < -0.39 is 0 Å². The summed E-state index contributed by atoms with van der Waals surface area (Å²) in [5.41, 5.74) is 3.84. The van der Waals surface area contributed by atoms with Gasteiger partial charge in [0.05, 0.1) is 0 Å². The normalized spacial score (nSPS) is 16.0. The van der Waals surface area contributed by atoms with Crippen LogP contribution in [0.2, 0.25) is 0 Å². The van der Waals surface area contributed by atoms with Crippen molar-refractivity contribution in [3.63, 3.8) is 0 Å². The predicted octanol–water partition coefficient (Wildman–Crippen LogP) is 3.64. The van der Waals surface area contributed by atoms with E-state index in [1.165, 1.54) is 11.1 Å². The molecule has 1 aromatic heterocycles. The van der Waals surface area contributed by atoms with E-state index in [-0.39, 0.29) is 0 Å². The third-order valence-electron chi connectivity index (χ3n) is 4.05. The van der Waals surface area contributed by atoms with Gasteiger partial charge in [0.15, 0.2) is 5.82 Å². The third kappa shape index (κ3) is 3.19. The Labute approximate surface area is 126 Å². The minimum absolute atomic E-state index is 0.625. The van der Waals surface area contributed by atoms with E-state index in [0.717, 1.165) is 30.9 Å². The quantitative estimate of drug-likeness (QED) is 0.859. The van der Waals surface area contributed by atoms with Crippen molar-refractivity contribution < 1.29 is 0 Å². The molecule has 0 atom stereocenters. The first kappa shape index (κ1) is 14.0. The first-order valence-corrected chi connectivity index (χ1v) is 7.55. The highest BCUT2D eigenvalue weighted by Gasteiger charge is 2.15. The van der Waals surface area contributed by atoms with Crippen molar-refractivity contribution in [1.82, 2.24) is 14.9 Å². The molecule has 0 saturated heterocycles. The van der Waals surface area contributed by atoms with Gasteiger partial charge in [-0.15, -0.1) is 0 Å². The Hall–Kier alpha value is -2.00. The number of benzene rings is 1. The molecule has 0 bridgehead atoms. The number of aromatic nitrogens is 2. The van der Waals surface area contributed by atoms with Gasteiger partial charge < -0.3 is 0 Å². The molecule has 0 radical (unpaired) electrons. The zero-order valence-electron chi connectivity index (χ0n) is 12.7. The van der Waals surface area contributed by atoms with Gasteiger partial charge >= 0.3 is 0 Å². The van der Waals surface area contributed by atoms with E-state index in [4.69, 9.17) is 0 Å². The van der Waals surface area contributed by atoms with Gasteiger partial charge in [-0.1, -0.05) is 30.3 Å². The fraction of sp³-hybridized carbons (Fsp3) is 0.333. The van der Waals surface area contributed by atoms with Crippen LogP contribution in [0.5, 0.6) is 0 Å². The van der Waals surface area contributed by atoms with Crippen molar-refractivity contribution >= 4 is 5.57 Å². The topological polar surface area (TPSA) is 29.0 Å². The molecule has 3 rings (SSSR count). The third-order valence-corrected chi connectivity index (χ3v) is 4.05. The van der Waals surface area contributed by atoms with Gasteiger partial charge in [-0.05, 0) is 37.5 Å². The lowest BCUT2D eigenvalue weighted by Gasteiger charge is -2.29. The average molecular weight is 279 g/mol. The Morgan fingerprint density at radius 2 is 1.67 bits per heavy atom. The Balaban J connectivity index is 1.76. The molecule has 0 fully saturated rings. The SMILES string of the molecule is CC(C)N1CC=C(c2ccc(-c3ncccn3)cc2)CC1. The molecule has 0 unspecified atom stereocenters. The van der Waals surface area contributed by atoms with Crippen LogP contribution in [0.15, 0.2) is 48.8 Å². The van der Waals surface area contributed by atoms with Crippen molar-refractivity contribution in [2.24, 2.45) is 0 Å². The molecule has 108 valence electrons. The molecule has 3 nitrogen and oxygen atoms in total. The number of hydrogen-bond donors (Lipinski definition) is 0. The smallest absolute Gasteiger partial charge is 0.159 e. The van der Waals surface area contributed by atoms with Crippen LogP contribution in [0, 0.1) is 0 Å². The van der Waals surface area contributed by atoms with E-state index >= 15 is 0 Å². The first-order valence-electron chi connectivity index (χ1n) is 7.55. The van der Waals surface area contributed by atoms with Crippen LogP contribution in [0.1, 0.15) is 25.8 Å². The maximum absolute atomic E-state index is 4.29. The summed E-state index contributed by atoms with van der Waals surface area (Å²) in [7, 11) is 0. The average Bonchev–Trinajstić information content (AvgIpc) is 2.56. The van der Waals surface area contributed by atoms with E-state index in [2.05, 4.69) is 59.1 Å². The summed E-state index contributed by atoms with van der Waals surface area (Å²) >= 11 is 0. The van der Waals surface area contributed by atoms with Gasteiger partial charge in [-0.2, -0.15) is 0 Å². The standard InChI is InChI=1S/C18H21N3/c1-14(2)21-12-8-16(9-13-21)15-4-6-17(7-5-15)18-19-10-3-11-20-18/h3-8,10-11,14H,9,12-13H2,1-2H3. The Morgan fingerprint density at radius 1 is 1.00 bits per heavy atom. The van der Waals surface area contributed by atoms with E-state index in [1.807, 2.05) is 6.07 Å². The number of hydrogen-bond acceptors (Lipinski definition) is 3. The minimum Gasteiger partial charge on any atom is -0.297 e. The van der Waals surface area contributed by atoms with Crippen molar-refractivity contribution in [3.05, 3.63) is 54.4 Å². The van der Waals surface area contributed by atoms with Crippen molar-refractivity contribution in [2.45, 2.75) is 26.3 Å². The lowest BCUT2D eigenvalue weighted by Crippen LogP contribution is -2.34. The maximum atomic E-state index is 4.29. The second-order valence-electron chi connectivity index (χ2n) is 5.72. The predicted molar refractivity (Wildman–Crippen MR) is 86.8 cm³/mol. The molecular formula is C18H21N3. The summed E-state index contributed by atoms with van der Waals surface area (Å²) in [6.45, 7) is 6.71. The van der Waals surface area contributed by atoms with Crippen molar-refractivity contribution in [3.8, 4) is 11.4 Å². The van der Waals surface area contributed by atoms with Crippen LogP contribution in [0.4, 0.5) is 0 Å². The fourth-order valence-electron chi connectivity index (χ4n) is 2.70. The largest absolute Gasteiger partial charge is 0.297 e. The minimum atomic E-state index is 0.625.